The molecule has 1 amide bonds. The molecule has 1 rings (SSSR count). The number of nitrogens with one attached hydrogen (secondary N) is 3. The van der Waals surface area contributed by atoms with Crippen LogP contribution in [0.15, 0.2) is 17.1 Å². The number of hydrogen-bond donors (Lipinski definition) is 3. The smallest absolute Gasteiger partial charge is 0.239 e. The summed E-state index contributed by atoms with van der Waals surface area (Å²) < 4.78 is 0. The van der Waals surface area contributed by atoms with Crippen molar-refractivity contribution in [3.8, 4) is 0 Å². The minimum atomic E-state index is -0.000605. The van der Waals surface area contributed by atoms with Gasteiger partial charge in [0.1, 0.15) is 0 Å². The van der Waals surface area contributed by atoms with E-state index in [4.69, 9.17) is 0 Å². The molecule has 17 heavy (non-hydrogen) atoms. The molecule has 0 spiro atoms. The summed E-state index contributed by atoms with van der Waals surface area (Å²) in [5, 5.41) is 9.09. The van der Waals surface area contributed by atoms with Crippen LogP contribution in [-0.4, -0.2) is 38.0 Å². The molecule has 0 saturated heterocycles. The van der Waals surface area contributed by atoms with Crippen molar-refractivity contribution in [1.29, 1.82) is 0 Å². The highest BCUT2D eigenvalue weighted by Crippen LogP contribution is 2.08. The monoisotopic (exact) mass is 238 g/mol. The number of amides is 1. The second kappa shape index (κ2) is 7.70. The summed E-state index contributed by atoms with van der Waals surface area (Å²) >= 11 is 0. The number of hydrogen-bond acceptors (Lipinski definition) is 2. The first-order chi connectivity index (χ1) is 8.26. The van der Waals surface area contributed by atoms with Crippen molar-refractivity contribution in [3.63, 3.8) is 0 Å². The van der Waals surface area contributed by atoms with E-state index in [0.717, 1.165) is 25.8 Å². The number of guanidine groups is 1. The third kappa shape index (κ3) is 5.38. The van der Waals surface area contributed by atoms with Crippen LogP contribution in [0.2, 0.25) is 0 Å². The van der Waals surface area contributed by atoms with Crippen molar-refractivity contribution in [2.75, 3.05) is 20.1 Å². The zero-order chi connectivity index (χ0) is 12.5. The molecule has 0 saturated carbocycles. The van der Waals surface area contributed by atoms with Gasteiger partial charge in [-0.2, -0.15) is 0 Å². The molecular weight excluding hydrogens is 216 g/mol. The van der Waals surface area contributed by atoms with E-state index in [0.29, 0.717) is 12.0 Å². The molecule has 5 nitrogen and oxygen atoms in total. The standard InChI is InChI=1S/C12H22N4O/c1-3-8-14-11(17)9-15-12(13-2)16-10-6-4-5-7-10/h4-5,10H,3,6-9H2,1-2H3,(H,14,17)(H2,13,15,16). The first-order valence-corrected chi connectivity index (χ1v) is 6.15. The Morgan fingerprint density at radius 1 is 1.35 bits per heavy atom. The molecule has 0 aliphatic heterocycles. The molecule has 0 radical (unpaired) electrons. The lowest BCUT2D eigenvalue weighted by Crippen LogP contribution is -2.46. The average molecular weight is 238 g/mol. The summed E-state index contributed by atoms with van der Waals surface area (Å²) in [7, 11) is 1.71. The van der Waals surface area contributed by atoms with Crippen molar-refractivity contribution >= 4 is 11.9 Å². The van der Waals surface area contributed by atoms with E-state index in [1.54, 1.807) is 7.05 Å². The lowest BCUT2D eigenvalue weighted by atomic mass is 10.2. The summed E-state index contributed by atoms with van der Waals surface area (Å²) in [4.78, 5) is 15.5. The van der Waals surface area contributed by atoms with Gasteiger partial charge in [0.15, 0.2) is 5.96 Å². The van der Waals surface area contributed by atoms with E-state index in [-0.39, 0.29) is 12.5 Å². The summed E-state index contributed by atoms with van der Waals surface area (Å²) in [6, 6.07) is 0.403. The summed E-state index contributed by atoms with van der Waals surface area (Å²) in [6.45, 7) is 3.01. The van der Waals surface area contributed by atoms with Crippen LogP contribution in [0, 0.1) is 0 Å². The van der Waals surface area contributed by atoms with Gasteiger partial charge in [0, 0.05) is 19.6 Å². The predicted molar refractivity (Wildman–Crippen MR) is 70.0 cm³/mol. The van der Waals surface area contributed by atoms with Crippen LogP contribution in [0.5, 0.6) is 0 Å². The second-order valence-electron chi connectivity index (χ2n) is 4.06. The molecule has 3 N–H and O–H groups in total. The first-order valence-electron chi connectivity index (χ1n) is 6.15. The quantitative estimate of drug-likeness (QED) is 0.369. The minimum absolute atomic E-state index is 0.000605. The molecular formula is C12H22N4O. The number of carbonyl (C=O) groups excluding carboxylic acids is 1. The lowest BCUT2D eigenvalue weighted by Gasteiger charge is -2.16. The van der Waals surface area contributed by atoms with Gasteiger partial charge in [0.2, 0.25) is 5.91 Å². The average Bonchev–Trinajstić information content (AvgIpc) is 2.84. The Hall–Kier alpha value is -1.52. The van der Waals surface area contributed by atoms with Gasteiger partial charge in [-0.3, -0.25) is 9.79 Å². The van der Waals surface area contributed by atoms with E-state index in [1.807, 2.05) is 6.92 Å². The maximum atomic E-state index is 11.4. The van der Waals surface area contributed by atoms with Crippen LogP contribution in [0.3, 0.4) is 0 Å². The molecule has 0 bridgehead atoms. The van der Waals surface area contributed by atoms with Gasteiger partial charge in [-0.25, -0.2) is 0 Å². The zero-order valence-corrected chi connectivity index (χ0v) is 10.6. The minimum Gasteiger partial charge on any atom is -0.355 e. The number of rotatable bonds is 5. The Balaban J connectivity index is 2.20. The van der Waals surface area contributed by atoms with E-state index in [9.17, 15) is 4.79 Å². The Bertz CT molecular complexity index is 291. The van der Waals surface area contributed by atoms with Crippen LogP contribution in [0.25, 0.3) is 0 Å². The SMILES string of the molecule is CCCNC(=O)CNC(=NC)NC1CC=CC1. The molecule has 0 aromatic rings. The normalized spacial score (nSPS) is 16.0. The maximum Gasteiger partial charge on any atom is 0.239 e. The van der Waals surface area contributed by atoms with Gasteiger partial charge < -0.3 is 16.0 Å². The van der Waals surface area contributed by atoms with Crippen LogP contribution in [0.4, 0.5) is 0 Å². The first kappa shape index (κ1) is 13.5. The third-order valence-electron chi connectivity index (χ3n) is 2.56. The molecule has 1 aliphatic rings. The van der Waals surface area contributed by atoms with Gasteiger partial charge >= 0.3 is 0 Å². The van der Waals surface area contributed by atoms with E-state index in [1.165, 1.54) is 0 Å². The molecule has 0 fully saturated rings. The Morgan fingerprint density at radius 2 is 2.06 bits per heavy atom. The molecule has 96 valence electrons. The molecule has 0 heterocycles. The fourth-order valence-electron chi connectivity index (χ4n) is 1.61. The van der Waals surface area contributed by atoms with Gasteiger partial charge in [-0.15, -0.1) is 0 Å². The van der Waals surface area contributed by atoms with Gasteiger partial charge in [-0.1, -0.05) is 19.1 Å². The van der Waals surface area contributed by atoms with Gasteiger partial charge in [0.05, 0.1) is 6.54 Å². The largest absolute Gasteiger partial charge is 0.355 e. The Kier molecular flexibility index (Phi) is 6.14. The fraction of sp³-hybridized carbons (Fsp3) is 0.667. The molecule has 1 aliphatic carbocycles. The molecule has 5 heteroatoms. The molecule has 0 unspecified atom stereocenters. The summed E-state index contributed by atoms with van der Waals surface area (Å²) in [5.74, 6) is 0.685. The van der Waals surface area contributed by atoms with Gasteiger partial charge in [0.25, 0.3) is 0 Å². The van der Waals surface area contributed by atoms with Crippen LogP contribution in [-0.2, 0) is 4.79 Å². The molecule has 0 atom stereocenters. The Labute approximate surface area is 103 Å². The number of nitrogens with zero attached hydrogens (tertiary/aromatic N) is 1. The van der Waals surface area contributed by atoms with Crippen molar-refractivity contribution < 1.29 is 4.79 Å². The van der Waals surface area contributed by atoms with E-state index < -0.39 is 0 Å². The lowest BCUT2D eigenvalue weighted by molar-refractivity contribution is -0.120. The highest BCUT2D eigenvalue weighted by molar-refractivity contribution is 5.86. The fourth-order valence-corrected chi connectivity index (χ4v) is 1.61. The van der Waals surface area contributed by atoms with Crippen molar-refractivity contribution in [1.82, 2.24) is 16.0 Å². The van der Waals surface area contributed by atoms with Crippen molar-refractivity contribution in [2.24, 2.45) is 4.99 Å². The zero-order valence-electron chi connectivity index (χ0n) is 10.6. The van der Waals surface area contributed by atoms with Gasteiger partial charge in [-0.05, 0) is 19.3 Å². The van der Waals surface area contributed by atoms with Crippen molar-refractivity contribution in [3.05, 3.63) is 12.2 Å². The summed E-state index contributed by atoms with van der Waals surface area (Å²) in [5.41, 5.74) is 0. The van der Waals surface area contributed by atoms with Crippen LogP contribution in [0.1, 0.15) is 26.2 Å². The number of aliphatic imine (C=N–C) groups is 1. The third-order valence-corrected chi connectivity index (χ3v) is 2.56. The maximum absolute atomic E-state index is 11.4. The second-order valence-corrected chi connectivity index (χ2v) is 4.06. The highest BCUT2D eigenvalue weighted by atomic mass is 16.1. The van der Waals surface area contributed by atoms with E-state index in [2.05, 4.69) is 33.1 Å². The summed E-state index contributed by atoms with van der Waals surface area (Å²) in [6.07, 6.45) is 7.29. The van der Waals surface area contributed by atoms with Crippen LogP contribution >= 0.6 is 0 Å². The molecule has 0 aromatic carbocycles. The molecule has 0 aromatic heterocycles. The Morgan fingerprint density at radius 3 is 2.65 bits per heavy atom. The topological polar surface area (TPSA) is 65.5 Å². The highest BCUT2D eigenvalue weighted by Gasteiger charge is 2.11. The van der Waals surface area contributed by atoms with Crippen LogP contribution < -0.4 is 16.0 Å². The predicted octanol–water partition coefficient (Wildman–Crippen LogP) is 0.396. The van der Waals surface area contributed by atoms with E-state index >= 15 is 0 Å². The number of carbonyl (C=O) groups is 1. The van der Waals surface area contributed by atoms with Crippen molar-refractivity contribution in [2.45, 2.75) is 32.2 Å².